The van der Waals surface area contributed by atoms with Gasteiger partial charge in [0.2, 0.25) is 0 Å². The molecule has 3 aromatic rings. The van der Waals surface area contributed by atoms with Crippen LogP contribution in [0.15, 0.2) is 31.9 Å². The maximum Gasteiger partial charge on any atom is 0.349 e. The molecule has 0 aliphatic rings. The maximum atomic E-state index is 11.8. The number of hydrogen-bond donors (Lipinski definition) is 0. The molecule has 0 saturated carbocycles. The number of nitrogens with zero attached hydrogens (tertiary/aromatic N) is 1. The second-order valence-corrected chi connectivity index (χ2v) is 3.71. The highest BCUT2D eigenvalue weighted by atomic mass is 16.5. The van der Waals surface area contributed by atoms with E-state index in [1.54, 1.807) is 32.2 Å². The van der Waals surface area contributed by atoms with Gasteiger partial charge >= 0.3 is 5.63 Å². The highest BCUT2D eigenvalue weighted by molar-refractivity contribution is 6.02. The van der Waals surface area contributed by atoms with Gasteiger partial charge in [0.15, 0.2) is 0 Å². The fraction of sp³-hybridized carbons (Fsp3) is 0.167. The Morgan fingerprint density at radius 2 is 2.18 bits per heavy atom. The Labute approximate surface area is 95.6 Å². The number of hydrogen-bond acceptors (Lipinski definition) is 5. The number of methoxy groups -OCH3 is 1. The van der Waals surface area contributed by atoms with Crippen molar-refractivity contribution in [2.45, 2.75) is 6.92 Å². The van der Waals surface area contributed by atoms with E-state index in [9.17, 15) is 4.79 Å². The lowest BCUT2D eigenvalue weighted by atomic mass is 10.1. The SMILES string of the molecule is COc1ccc2c(c1)oc(=O)c1c(C)onc12. The summed E-state index contributed by atoms with van der Waals surface area (Å²) in [7, 11) is 1.55. The molecule has 2 aromatic heterocycles. The van der Waals surface area contributed by atoms with Gasteiger partial charge in [0.25, 0.3) is 0 Å². The molecule has 0 unspecified atom stereocenters. The van der Waals surface area contributed by atoms with Crippen LogP contribution in [0, 0.1) is 6.92 Å². The van der Waals surface area contributed by atoms with Gasteiger partial charge in [-0.15, -0.1) is 0 Å². The second kappa shape index (κ2) is 3.35. The summed E-state index contributed by atoms with van der Waals surface area (Å²) in [6.07, 6.45) is 0. The molecule has 0 N–H and O–H groups in total. The van der Waals surface area contributed by atoms with Crippen LogP contribution in [0.1, 0.15) is 5.76 Å². The Balaban J connectivity index is 2.53. The van der Waals surface area contributed by atoms with E-state index < -0.39 is 5.63 Å². The summed E-state index contributed by atoms with van der Waals surface area (Å²) >= 11 is 0. The quantitative estimate of drug-likeness (QED) is 0.601. The van der Waals surface area contributed by atoms with Gasteiger partial charge < -0.3 is 13.7 Å². The monoisotopic (exact) mass is 231 g/mol. The van der Waals surface area contributed by atoms with Crippen LogP contribution in [0.3, 0.4) is 0 Å². The summed E-state index contributed by atoms with van der Waals surface area (Å²) in [6, 6.07) is 5.23. The number of rotatable bonds is 1. The number of aryl methyl sites for hydroxylation is 1. The van der Waals surface area contributed by atoms with Crippen LogP contribution in [0.4, 0.5) is 0 Å². The predicted octanol–water partition coefficient (Wildman–Crippen LogP) is 2.25. The number of fused-ring (bicyclic) bond motifs is 3. The second-order valence-electron chi connectivity index (χ2n) is 3.71. The summed E-state index contributed by atoms with van der Waals surface area (Å²) in [6.45, 7) is 1.68. The molecule has 0 bridgehead atoms. The van der Waals surface area contributed by atoms with Crippen LogP contribution in [0.2, 0.25) is 0 Å². The Morgan fingerprint density at radius 1 is 1.35 bits per heavy atom. The van der Waals surface area contributed by atoms with Crippen LogP contribution >= 0.6 is 0 Å². The molecule has 3 rings (SSSR count). The highest BCUT2D eigenvalue weighted by Gasteiger charge is 2.14. The molecule has 0 spiro atoms. The summed E-state index contributed by atoms with van der Waals surface area (Å²) in [5, 5.41) is 5.01. The van der Waals surface area contributed by atoms with Gasteiger partial charge in [-0.3, -0.25) is 0 Å². The van der Waals surface area contributed by atoms with E-state index in [1.165, 1.54) is 0 Å². The van der Waals surface area contributed by atoms with Crippen molar-refractivity contribution >= 4 is 21.9 Å². The molecule has 5 heteroatoms. The number of ether oxygens (including phenoxy) is 1. The van der Waals surface area contributed by atoms with Crippen LogP contribution in [0.5, 0.6) is 5.75 Å². The van der Waals surface area contributed by atoms with E-state index in [2.05, 4.69) is 5.16 Å². The molecule has 0 fully saturated rings. The molecule has 86 valence electrons. The Hall–Kier alpha value is -2.30. The van der Waals surface area contributed by atoms with E-state index in [0.29, 0.717) is 28.0 Å². The summed E-state index contributed by atoms with van der Waals surface area (Å²) < 4.78 is 15.3. The Kier molecular flexibility index (Phi) is 1.95. The summed E-state index contributed by atoms with van der Waals surface area (Å²) in [4.78, 5) is 11.8. The molecule has 0 saturated heterocycles. The smallest absolute Gasteiger partial charge is 0.349 e. The largest absolute Gasteiger partial charge is 0.497 e. The minimum Gasteiger partial charge on any atom is -0.497 e. The van der Waals surface area contributed by atoms with Gasteiger partial charge in [-0.1, -0.05) is 5.16 Å². The lowest BCUT2D eigenvalue weighted by Crippen LogP contribution is -1.99. The average Bonchev–Trinajstić information content (AvgIpc) is 2.71. The standard InChI is InChI=1S/C12H9NO4/c1-6-10-11(13-17-6)8-4-3-7(15-2)5-9(8)16-12(10)14/h3-5H,1-2H3. The van der Waals surface area contributed by atoms with Crippen LogP contribution in [0.25, 0.3) is 21.9 Å². The summed E-state index contributed by atoms with van der Waals surface area (Å²) in [5.74, 6) is 1.09. The van der Waals surface area contributed by atoms with E-state index in [1.807, 2.05) is 0 Å². The van der Waals surface area contributed by atoms with Crippen molar-refractivity contribution in [3.05, 3.63) is 34.4 Å². The van der Waals surface area contributed by atoms with Gasteiger partial charge in [0.1, 0.15) is 28.0 Å². The van der Waals surface area contributed by atoms with Crippen LogP contribution in [-0.4, -0.2) is 12.3 Å². The minimum absolute atomic E-state index is 0.391. The number of aromatic nitrogens is 1. The van der Waals surface area contributed by atoms with E-state index in [-0.39, 0.29) is 0 Å². The molecule has 0 aliphatic heterocycles. The van der Waals surface area contributed by atoms with Crippen molar-refractivity contribution in [2.75, 3.05) is 7.11 Å². The predicted molar refractivity (Wildman–Crippen MR) is 61.3 cm³/mol. The van der Waals surface area contributed by atoms with Crippen LogP contribution < -0.4 is 10.4 Å². The van der Waals surface area contributed by atoms with E-state index in [4.69, 9.17) is 13.7 Å². The molecule has 0 radical (unpaired) electrons. The average molecular weight is 231 g/mol. The van der Waals surface area contributed by atoms with Gasteiger partial charge in [-0.2, -0.15) is 0 Å². The third-order valence-corrected chi connectivity index (χ3v) is 2.71. The first-order valence-corrected chi connectivity index (χ1v) is 5.07. The van der Waals surface area contributed by atoms with Gasteiger partial charge in [0.05, 0.1) is 7.11 Å². The van der Waals surface area contributed by atoms with Crippen molar-refractivity contribution in [3.8, 4) is 5.75 Å². The lowest BCUT2D eigenvalue weighted by Gasteiger charge is -2.01. The zero-order chi connectivity index (χ0) is 12.0. The first kappa shape index (κ1) is 9.89. The molecule has 1 aromatic carbocycles. The zero-order valence-electron chi connectivity index (χ0n) is 9.31. The van der Waals surface area contributed by atoms with Gasteiger partial charge in [-0.05, 0) is 19.1 Å². The molecule has 2 heterocycles. The normalized spacial score (nSPS) is 11.2. The molecule has 5 nitrogen and oxygen atoms in total. The Bertz CT molecular complexity index is 769. The molecule has 0 aliphatic carbocycles. The molecule has 0 amide bonds. The Morgan fingerprint density at radius 3 is 2.94 bits per heavy atom. The van der Waals surface area contributed by atoms with E-state index in [0.717, 1.165) is 5.39 Å². The molecule has 0 atom stereocenters. The van der Waals surface area contributed by atoms with Gasteiger partial charge in [0, 0.05) is 11.5 Å². The first-order valence-electron chi connectivity index (χ1n) is 5.07. The third-order valence-electron chi connectivity index (χ3n) is 2.71. The maximum absolute atomic E-state index is 11.8. The highest BCUT2D eigenvalue weighted by Crippen LogP contribution is 2.26. The molecular weight excluding hydrogens is 222 g/mol. The fourth-order valence-corrected chi connectivity index (χ4v) is 1.86. The molecular formula is C12H9NO4. The van der Waals surface area contributed by atoms with E-state index >= 15 is 0 Å². The summed E-state index contributed by atoms with van der Waals surface area (Å²) in [5.41, 5.74) is 0.519. The third kappa shape index (κ3) is 1.32. The van der Waals surface area contributed by atoms with Crippen molar-refractivity contribution < 1.29 is 13.7 Å². The van der Waals surface area contributed by atoms with Crippen molar-refractivity contribution in [2.24, 2.45) is 0 Å². The van der Waals surface area contributed by atoms with Crippen molar-refractivity contribution in [1.82, 2.24) is 5.16 Å². The van der Waals surface area contributed by atoms with Gasteiger partial charge in [-0.25, -0.2) is 4.79 Å². The first-order chi connectivity index (χ1) is 8.20. The van der Waals surface area contributed by atoms with Crippen LogP contribution in [-0.2, 0) is 0 Å². The fourth-order valence-electron chi connectivity index (χ4n) is 1.86. The van der Waals surface area contributed by atoms with Crippen molar-refractivity contribution in [1.29, 1.82) is 0 Å². The molecule has 17 heavy (non-hydrogen) atoms. The van der Waals surface area contributed by atoms with Crippen molar-refractivity contribution in [3.63, 3.8) is 0 Å². The lowest BCUT2D eigenvalue weighted by molar-refractivity contribution is 0.405. The minimum atomic E-state index is -0.445. The zero-order valence-corrected chi connectivity index (χ0v) is 9.31. The topological polar surface area (TPSA) is 65.5 Å². The number of benzene rings is 1.